The zero-order valence-corrected chi connectivity index (χ0v) is 17.6. The first kappa shape index (κ1) is 20.1. The van der Waals surface area contributed by atoms with Crippen LogP contribution in [0.1, 0.15) is 32.8 Å². The van der Waals surface area contributed by atoms with Crippen molar-refractivity contribution in [3.63, 3.8) is 0 Å². The summed E-state index contributed by atoms with van der Waals surface area (Å²) in [6.07, 6.45) is 0.876. The van der Waals surface area contributed by atoms with Crippen molar-refractivity contribution in [2.24, 2.45) is 0 Å². The number of thioether (sulfide) groups is 1. The van der Waals surface area contributed by atoms with Gasteiger partial charge in [-0.15, -0.1) is 10.2 Å². The molecule has 28 heavy (non-hydrogen) atoms. The average molecular weight is 395 g/mol. The highest BCUT2D eigenvalue weighted by molar-refractivity contribution is 7.99. The van der Waals surface area contributed by atoms with Gasteiger partial charge in [0.1, 0.15) is 0 Å². The van der Waals surface area contributed by atoms with Crippen molar-refractivity contribution >= 4 is 17.7 Å². The van der Waals surface area contributed by atoms with Gasteiger partial charge < -0.3 is 5.32 Å². The number of aromatic nitrogens is 3. The van der Waals surface area contributed by atoms with Gasteiger partial charge in [0, 0.05) is 16.8 Å². The number of carbonyl (C=O) groups is 1. The third-order valence-electron chi connectivity index (χ3n) is 4.65. The predicted molar refractivity (Wildman–Crippen MR) is 115 cm³/mol. The fourth-order valence-corrected chi connectivity index (χ4v) is 3.45. The Morgan fingerprint density at radius 1 is 1.07 bits per heavy atom. The lowest BCUT2D eigenvalue weighted by Crippen LogP contribution is -2.43. The highest BCUT2D eigenvalue weighted by Gasteiger charge is 2.20. The van der Waals surface area contributed by atoms with Crippen LogP contribution in [0.4, 0.5) is 0 Å². The fraction of sp³-hybridized carbons (Fsp3) is 0.318. The smallest absolute Gasteiger partial charge is 0.230 e. The van der Waals surface area contributed by atoms with E-state index in [1.165, 1.54) is 17.3 Å². The summed E-state index contributed by atoms with van der Waals surface area (Å²) in [4.78, 5) is 12.4. The molecular formula is C22H26N4OS. The number of benzene rings is 2. The SMILES string of the molecule is CCC(C)(C)NC(=O)CSc1nnc(-c2ccccc2)n1-c1ccc(C)cc1. The molecule has 0 aliphatic rings. The van der Waals surface area contributed by atoms with Gasteiger partial charge in [0.2, 0.25) is 5.91 Å². The first-order chi connectivity index (χ1) is 13.4. The maximum absolute atomic E-state index is 12.4. The molecule has 0 unspecified atom stereocenters. The topological polar surface area (TPSA) is 59.8 Å². The Morgan fingerprint density at radius 3 is 2.39 bits per heavy atom. The molecule has 0 spiro atoms. The Labute approximate surface area is 170 Å². The second-order valence-electron chi connectivity index (χ2n) is 7.42. The van der Waals surface area contributed by atoms with Crippen LogP contribution in [0.15, 0.2) is 59.8 Å². The standard InChI is InChI=1S/C22H26N4OS/c1-5-22(3,4)23-19(27)15-28-21-25-24-20(17-9-7-6-8-10-17)26(21)18-13-11-16(2)12-14-18/h6-14H,5,15H2,1-4H3,(H,23,27). The monoisotopic (exact) mass is 394 g/mol. The molecule has 0 saturated heterocycles. The molecule has 0 bridgehead atoms. The van der Waals surface area contributed by atoms with Crippen LogP contribution in [0.3, 0.4) is 0 Å². The third kappa shape index (κ3) is 4.81. The third-order valence-corrected chi connectivity index (χ3v) is 5.58. The molecule has 1 heterocycles. The molecule has 1 amide bonds. The number of hydrogen-bond donors (Lipinski definition) is 1. The van der Waals surface area contributed by atoms with Crippen LogP contribution in [-0.4, -0.2) is 32.0 Å². The summed E-state index contributed by atoms with van der Waals surface area (Å²) >= 11 is 1.40. The van der Waals surface area contributed by atoms with Crippen LogP contribution in [0, 0.1) is 6.92 Å². The molecule has 0 saturated carbocycles. The molecule has 3 aromatic rings. The van der Waals surface area contributed by atoms with E-state index in [4.69, 9.17) is 0 Å². The van der Waals surface area contributed by atoms with Crippen LogP contribution in [0.2, 0.25) is 0 Å². The predicted octanol–water partition coefficient (Wildman–Crippen LogP) is 4.64. The van der Waals surface area contributed by atoms with E-state index in [9.17, 15) is 4.79 Å². The minimum absolute atomic E-state index is 0.00318. The summed E-state index contributed by atoms with van der Waals surface area (Å²) in [7, 11) is 0. The van der Waals surface area contributed by atoms with E-state index < -0.39 is 0 Å². The summed E-state index contributed by atoms with van der Waals surface area (Å²) in [6, 6.07) is 18.2. The van der Waals surface area contributed by atoms with Crippen LogP contribution < -0.4 is 5.32 Å². The molecule has 2 aromatic carbocycles. The lowest BCUT2D eigenvalue weighted by molar-refractivity contribution is -0.120. The molecule has 6 heteroatoms. The van der Waals surface area contributed by atoms with Crippen LogP contribution in [-0.2, 0) is 4.79 Å². The molecule has 0 aliphatic heterocycles. The van der Waals surface area contributed by atoms with Gasteiger partial charge in [-0.25, -0.2) is 0 Å². The first-order valence-corrected chi connectivity index (χ1v) is 10.4. The summed E-state index contributed by atoms with van der Waals surface area (Å²) in [6.45, 7) is 8.17. The Hall–Kier alpha value is -2.60. The van der Waals surface area contributed by atoms with E-state index >= 15 is 0 Å². The number of nitrogens with zero attached hydrogens (tertiary/aromatic N) is 3. The summed E-state index contributed by atoms with van der Waals surface area (Å²) < 4.78 is 2.01. The van der Waals surface area contributed by atoms with E-state index in [1.54, 1.807) is 0 Å². The average Bonchev–Trinajstić information content (AvgIpc) is 3.11. The Morgan fingerprint density at radius 2 is 1.75 bits per heavy atom. The highest BCUT2D eigenvalue weighted by Crippen LogP contribution is 2.28. The van der Waals surface area contributed by atoms with Gasteiger partial charge in [0.25, 0.3) is 0 Å². The normalized spacial score (nSPS) is 11.4. The van der Waals surface area contributed by atoms with Crippen molar-refractivity contribution in [3.8, 4) is 17.1 Å². The summed E-state index contributed by atoms with van der Waals surface area (Å²) in [5, 5.41) is 12.6. The fourth-order valence-electron chi connectivity index (χ4n) is 2.70. The summed E-state index contributed by atoms with van der Waals surface area (Å²) in [5.41, 5.74) is 2.94. The maximum atomic E-state index is 12.4. The number of aryl methyl sites for hydroxylation is 1. The number of rotatable bonds is 7. The van der Waals surface area contributed by atoms with E-state index in [-0.39, 0.29) is 11.4 Å². The van der Waals surface area contributed by atoms with Crippen molar-refractivity contribution < 1.29 is 4.79 Å². The zero-order valence-electron chi connectivity index (χ0n) is 16.8. The molecule has 146 valence electrons. The van der Waals surface area contributed by atoms with Gasteiger partial charge in [0.15, 0.2) is 11.0 Å². The molecule has 1 N–H and O–H groups in total. The van der Waals surface area contributed by atoms with Crippen LogP contribution in [0.25, 0.3) is 17.1 Å². The summed E-state index contributed by atoms with van der Waals surface area (Å²) in [5.74, 6) is 1.06. The van der Waals surface area contributed by atoms with Gasteiger partial charge in [-0.05, 0) is 39.3 Å². The Kier molecular flexibility index (Phi) is 6.19. The number of hydrogen-bond acceptors (Lipinski definition) is 4. The molecule has 0 atom stereocenters. The molecule has 5 nitrogen and oxygen atoms in total. The van der Waals surface area contributed by atoms with Crippen molar-refractivity contribution in [3.05, 3.63) is 60.2 Å². The van der Waals surface area contributed by atoms with Crippen LogP contribution >= 0.6 is 11.8 Å². The number of nitrogens with one attached hydrogen (secondary N) is 1. The van der Waals surface area contributed by atoms with Crippen molar-refractivity contribution in [1.82, 2.24) is 20.1 Å². The van der Waals surface area contributed by atoms with Gasteiger partial charge in [0.05, 0.1) is 5.75 Å². The molecule has 3 rings (SSSR count). The second kappa shape index (κ2) is 8.61. The van der Waals surface area contributed by atoms with Gasteiger partial charge in [-0.1, -0.05) is 66.7 Å². The minimum atomic E-state index is -0.211. The van der Waals surface area contributed by atoms with Gasteiger partial charge in [-0.2, -0.15) is 0 Å². The maximum Gasteiger partial charge on any atom is 0.230 e. The van der Waals surface area contributed by atoms with E-state index in [0.29, 0.717) is 10.9 Å². The molecule has 0 radical (unpaired) electrons. The molecule has 0 aliphatic carbocycles. The number of amides is 1. The Bertz CT molecular complexity index is 933. The quantitative estimate of drug-likeness (QED) is 0.593. The van der Waals surface area contributed by atoms with Crippen molar-refractivity contribution in [2.45, 2.75) is 44.8 Å². The second-order valence-corrected chi connectivity index (χ2v) is 8.36. The lowest BCUT2D eigenvalue weighted by atomic mass is 10.0. The van der Waals surface area contributed by atoms with E-state index in [1.807, 2.05) is 48.7 Å². The molecular weight excluding hydrogens is 368 g/mol. The van der Waals surface area contributed by atoms with Gasteiger partial charge >= 0.3 is 0 Å². The Balaban J connectivity index is 1.90. The lowest BCUT2D eigenvalue weighted by Gasteiger charge is -2.24. The van der Waals surface area contributed by atoms with Crippen LogP contribution in [0.5, 0.6) is 0 Å². The highest BCUT2D eigenvalue weighted by atomic mass is 32.2. The minimum Gasteiger partial charge on any atom is -0.351 e. The first-order valence-electron chi connectivity index (χ1n) is 9.41. The zero-order chi connectivity index (χ0) is 20.1. The van der Waals surface area contributed by atoms with Crippen molar-refractivity contribution in [1.29, 1.82) is 0 Å². The number of carbonyl (C=O) groups excluding carboxylic acids is 1. The van der Waals surface area contributed by atoms with Gasteiger partial charge in [-0.3, -0.25) is 9.36 Å². The van der Waals surface area contributed by atoms with E-state index in [2.05, 4.69) is 53.6 Å². The largest absolute Gasteiger partial charge is 0.351 e. The molecule has 1 aromatic heterocycles. The van der Waals surface area contributed by atoms with E-state index in [0.717, 1.165) is 23.5 Å². The molecule has 0 fully saturated rings. The van der Waals surface area contributed by atoms with Crippen molar-refractivity contribution in [2.75, 3.05) is 5.75 Å².